The standard InChI is InChI=1S/C18H26N4O3/c1-18(2,3)25-17(23)22-11-5-4-7-13(22)9-12-24-16-20-14-8-6-10-19-15(14)21-16/h6,8,10,13H,4-5,7,9,11-12H2,1-3H3,(H,19,20,21)/t13-/m0/s1. The van der Waals surface area contributed by atoms with Crippen LogP contribution < -0.4 is 4.74 Å². The molecule has 0 spiro atoms. The molecule has 1 atom stereocenters. The monoisotopic (exact) mass is 346 g/mol. The maximum absolute atomic E-state index is 12.4. The molecule has 1 saturated heterocycles. The van der Waals surface area contributed by atoms with Crippen molar-refractivity contribution in [3.8, 4) is 6.01 Å². The van der Waals surface area contributed by atoms with Crippen LogP contribution in [0.25, 0.3) is 11.2 Å². The van der Waals surface area contributed by atoms with E-state index in [0.29, 0.717) is 18.3 Å². The van der Waals surface area contributed by atoms with Gasteiger partial charge in [-0.2, -0.15) is 4.98 Å². The largest absolute Gasteiger partial charge is 0.465 e. The molecule has 7 nitrogen and oxygen atoms in total. The second-order valence-corrected chi connectivity index (χ2v) is 7.38. The van der Waals surface area contributed by atoms with Crippen molar-refractivity contribution in [3.05, 3.63) is 18.3 Å². The number of carbonyl (C=O) groups excluding carboxylic acids is 1. The van der Waals surface area contributed by atoms with Crippen LogP contribution in [0.1, 0.15) is 46.5 Å². The second-order valence-electron chi connectivity index (χ2n) is 7.38. The Balaban J connectivity index is 1.55. The first-order valence-electron chi connectivity index (χ1n) is 8.85. The van der Waals surface area contributed by atoms with Crippen molar-refractivity contribution in [1.82, 2.24) is 19.9 Å². The van der Waals surface area contributed by atoms with E-state index >= 15 is 0 Å². The molecule has 3 heterocycles. The van der Waals surface area contributed by atoms with Gasteiger partial charge in [-0.3, -0.25) is 0 Å². The lowest BCUT2D eigenvalue weighted by Gasteiger charge is -2.36. The topological polar surface area (TPSA) is 80.3 Å². The minimum atomic E-state index is -0.475. The number of rotatable bonds is 4. The fraction of sp³-hybridized carbons (Fsp3) is 0.611. The van der Waals surface area contributed by atoms with Gasteiger partial charge < -0.3 is 19.4 Å². The fourth-order valence-corrected chi connectivity index (χ4v) is 3.04. The molecule has 3 rings (SSSR count). The molecule has 2 aromatic heterocycles. The highest BCUT2D eigenvalue weighted by atomic mass is 16.6. The van der Waals surface area contributed by atoms with Gasteiger partial charge >= 0.3 is 6.09 Å². The van der Waals surface area contributed by atoms with E-state index in [1.165, 1.54) is 0 Å². The number of amides is 1. The van der Waals surface area contributed by atoms with E-state index in [1.54, 1.807) is 6.20 Å². The van der Waals surface area contributed by atoms with Crippen LogP contribution >= 0.6 is 0 Å². The number of hydrogen-bond acceptors (Lipinski definition) is 5. The van der Waals surface area contributed by atoms with Gasteiger partial charge in [-0.05, 0) is 52.2 Å². The summed E-state index contributed by atoms with van der Waals surface area (Å²) in [5.74, 6) is 0. The highest BCUT2D eigenvalue weighted by Gasteiger charge is 2.30. The smallest absolute Gasteiger partial charge is 0.410 e. The summed E-state index contributed by atoms with van der Waals surface area (Å²) in [6.07, 6.45) is 5.34. The van der Waals surface area contributed by atoms with Gasteiger partial charge in [0.05, 0.1) is 12.1 Å². The maximum Gasteiger partial charge on any atom is 0.410 e. The molecule has 136 valence electrons. The minimum Gasteiger partial charge on any atom is -0.465 e. The Labute approximate surface area is 147 Å². The number of imidazole rings is 1. The molecule has 0 aromatic carbocycles. The molecule has 2 aromatic rings. The lowest BCUT2D eigenvalue weighted by atomic mass is 10.0. The Morgan fingerprint density at radius 2 is 2.24 bits per heavy atom. The van der Waals surface area contributed by atoms with Gasteiger partial charge in [-0.1, -0.05) is 0 Å². The molecule has 0 saturated carbocycles. The average Bonchev–Trinajstić information content (AvgIpc) is 2.96. The molecular formula is C18H26N4O3. The first-order chi connectivity index (χ1) is 11.9. The number of fused-ring (bicyclic) bond motifs is 1. The van der Waals surface area contributed by atoms with Crippen LogP contribution in [0.2, 0.25) is 0 Å². The van der Waals surface area contributed by atoms with Crippen LogP contribution in [-0.4, -0.2) is 50.7 Å². The Morgan fingerprint density at radius 1 is 1.40 bits per heavy atom. The summed E-state index contributed by atoms with van der Waals surface area (Å²) in [7, 11) is 0. The van der Waals surface area contributed by atoms with Crippen molar-refractivity contribution in [2.75, 3.05) is 13.2 Å². The van der Waals surface area contributed by atoms with E-state index < -0.39 is 5.60 Å². The van der Waals surface area contributed by atoms with Gasteiger partial charge in [-0.15, -0.1) is 0 Å². The first kappa shape index (κ1) is 17.5. The van der Waals surface area contributed by atoms with E-state index in [0.717, 1.165) is 37.7 Å². The quantitative estimate of drug-likeness (QED) is 0.916. The Bertz CT molecular complexity index is 689. The highest BCUT2D eigenvalue weighted by Crippen LogP contribution is 2.23. The third kappa shape index (κ3) is 4.61. The van der Waals surface area contributed by atoms with Gasteiger partial charge in [0.15, 0.2) is 5.65 Å². The van der Waals surface area contributed by atoms with E-state index in [1.807, 2.05) is 37.8 Å². The number of aromatic nitrogens is 3. The minimum absolute atomic E-state index is 0.145. The van der Waals surface area contributed by atoms with Gasteiger partial charge in [0.25, 0.3) is 6.01 Å². The van der Waals surface area contributed by atoms with Crippen LogP contribution in [0.3, 0.4) is 0 Å². The summed E-state index contributed by atoms with van der Waals surface area (Å²) >= 11 is 0. The maximum atomic E-state index is 12.4. The van der Waals surface area contributed by atoms with Crippen LogP contribution in [0.5, 0.6) is 6.01 Å². The van der Waals surface area contributed by atoms with Gasteiger partial charge in [0.1, 0.15) is 5.60 Å². The summed E-state index contributed by atoms with van der Waals surface area (Å²) < 4.78 is 11.3. The zero-order valence-corrected chi connectivity index (χ0v) is 15.1. The predicted molar refractivity (Wildman–Crippen MR) is 94.6 cm³/mol. The molecule has 25 heavy (non-hydrogen) atoms. The van der Waals surface area contributed by atoms with E-state index in [9.17, 15) is 4.79 Å². The SMILES string of the molecule is CC(C)(C)OC(=O)N1CCCC[C@H]1CCOc1nc2ncccc2[nH]1. The molecule has 0 aliphatic carbocycles. The molecule has 1 amide bonds. The van der Waals surface area contributed by atoms with Crippen LogP contribution in [-0.2, 0) is 4.74 Å². The lowest BCUT2D eigenvalue weighted by Crippen LogP contribution is -2.46. The average molecular weight is 346 g/mol. The molecule has 1 aliphatic rings. The van der Waals surface area contributed by atoms with Crippen LogP contribution in [0.15, 0.2) is 18.3 Å². The zero-order valence-electron chi connectivity index (χ0n) is 15.1. The van der Waals surface area contributed by atoms with Crippen molar-refractivity contribution in [2.45, 2.75) is 58.1 Å². The number of hydrogen-bond donors (Lipinski definition) is 1. The van der Waals surface area contributed by atoms with E-state index in [-0.39, 0.29) is 12.1 Å². The van der Waals surface area contributed by atoms with E-state index in [4.69, 9.17) is 9.47 Å². The molecule has 0 bridgehead atoms. The number of ether oxygens (including phenoxy) is 2. The summed E-state index contributed by atoms with van der Waals surface area (Å²) in [4.78, 5) is 25.8. The van der Waals surface area contributed by atoms with Crippen molar-refractivity contribution in [1.29, 1.82) is 0 Å². The zero-order chi connectivity index (χ0) is 17.9. The number of nitrogens with one attached hydrogen (secondary N) is 1. The van der Waals surface area contributed by atoms with E-state index in [2.05, 4.69) is 15.0 Å². The number of H-pyrrole nitrogens is 1. The Hall–Kier alpha value is -2.31. The second kappa shape index (κ2) is 7.29. The third-order valence-electron chi connectivity index (χ3n) is 4.18. The molecule has 0 unspecified atom stereocenters. The van der Waals surface area contributed by atoms with Gasteiger partial charge in [-0.25, -0.2) is 9.78 Å². The number of carbonyl (C=O) groups is 1. The van der Waals surface area contributed by atoms with Crippen molar-refractivity contribution < 1.29 is 14.3 Å². The number of aromatic amines is 1. The molecule has 0 radical (unpaired) electrons. The molecule has 1 aliphatic heterocycles. The highest BCUT2D eigenvalue weighted by molar-refractivity contribution is 5.70. The normalized spacial score (nSPS) is 18.4. The molecule has 1 fully saturated rings. The molecular weight excluding hydrogens is 320 g/mol. The van der Waals surface area contributed by atoms with Crippen LogP contribution in [0.4, 0.5) is 4.79 Å². The lowest BCUT2D eigenvalue weighted by molar-refractivity contribution is 0.00734. The fourth-order valence-electron chi connectivity index (χ4n) is 3.04. The molecule has 1 N–H and O–H groups in total. The van der Waals surface area contributed by atoms with Gasteiger partial charge in [0.2, 0.25) is 0 Å². The number of piperidine rings is 1. The number of nitrogens with zero attached hydrogens (tertiary/aromatic N) is 3. The van der Waals surface area contributed by atoms with Crippen LogP contribution in [0, 0.1) is 0 Å². The molecule has 7 heteroatoms. The summed E-state index contributed by atoms with van der Waals surface area (Å²) in [5.41, 5.74) is 1.02. The van der Waals surface area contributed by atoms with Crippen molar-refractivity contribution >= 4 is 17.3 Å². The van der Waals surface area contributed by atoms with Crippen molar-refractivity contribution in [2.24, 2.45) is 0 Å². The predicted octanol–water partition coefficient (Wildman–Crippen LogP) is 3.52. The first-order valence-corrected chi connectivity index (χ1v) is 8.85. The summed E-state index contributed by atoms with van der Waals surface area (Å²) in [5, 5.41) is 0. The van der Waals surface area contributed by atoms with Crippen molar-refractivity contribution in [3.63, 3.8) is 0 Å². The van der Waals surface area contributed by atoms with Gasteiger partial charge in [0, 0.05) is 25.2 Å². The number of likely N-dealkylation sites (tertiary alicyclic amines) is 1. The third-order valence-corrected chi connectivity index (χ3v) is 4.18. The number of pyridine rings is 1. The Kier molecular flexibility index (Phi) is 5.11. The summed E-state index contributed by atoms with van der Waals surface area (Å²) in [6.45, 7) is 6.91. The Morgan fingerprint density at radius 3 is 3.00 bits per heavy atom. The summed E-state index contributed by atoms with van der Waals surface area (Å²) in [6, 6.07) is 4.37.